The number of halogens is 2. The molecule has 0 bridgehead atoms. The first-order valence-corrected chi connectivity index (χ1v) is 6.95. The molecule has 0 spiro atoms. The Kier molecular flexibility index (Phi) is 3.83. The lowest BCUT2D eigenvalue weighted by Gasteiger charge is -2.14. The minimum Gasteiger partial charge on any atom is -0.469 e. The van der Waals surface area contributed by atoms with Gasteiger partial charge in [0.05, 0.1) is 12.0 Å². The summed E-state index contributed by atoms with van der Waals surface area (Å²) in [6.45, 7) is -1.21. The largest absolute Gasteiger partial charge is 0.469 e. The van der Waals surface area contributed by atoms with Crippen LogP contribution in [0.3, 0.4) is 0 Å². The van der Waals surface area contributed by atoms with E-state index in [1.54, 1.807) is 31.4 Å². The van der Waals surface area contributed by atoms with Gasteiger partial charge in [0.1, 0.15) is 11.5 Å². The third kappa shape index (κ3) is 2.95. The van der Waals surface area contributed by atoms with E-state index in [1.807, 2.05) is 6.07 Å². The fraction of sp³-hybridized carbons (Fsp3) is 0.312. The third-order valence-electron chi connectivity index (χ3n) is 3.73. The van der Waals surface area contributed by atoms with Crippen molar-refractivity contribution in [3.63, 3.8) is 0 Å². The molecule has 0 aliphatic heterocycles. The van der Waals surface area contributed by atoms with E-state index in [9.17, 15) is 13.6 Å². The number of nitrogens with one attached hydrogen (secondary N) is 1. The molecule has 4 nitrogen and oxygen atoms in total. The van der Waals surface area contributed by atoms with Crippen LogP contribution in [0, 0.1) is 12.8 Å². The fourth-order valence-corrected chi connectivity index (χ4v) is 2.51. The lowest BCUT2D eigenvalue weighted by molar-refractivity contribution is -0.117. The van der Waals surface area contributed by atoms with Gasteiger partial charge in [-0.3, -0.25) is 4.79 Å². The van der Waals surface area contributed by atoms with E-state index in [2.05, 4.69) is 10.1 Å². The maximum absolute atomic E-state index is 12.4. The van der Waals surface area contributed by atoms with E-state index in [-0.39, 0.29) is 29.2 Å². The lowest BCUT2D eigenvalue weighted by Crippen LogP contribution is -2.17. The van der Waals surface area contributed by atoms with Crippen molar-refractivity contribution in [1.29, 1.82) is 0 Å². The summed E-state index contributed by atoms with van der Waals surface area (Å²) in [5, 5.41) is 2.70. The molecule has 0 unspecified atom stereocenters. The predicted octanol–water partition coefficient (Wildman–Crippen LogP) is 3.93. The summed E-state index contributed by atoms with van der Waals surface area (Å²) in [7, 11) is 0. The number of carbonyl (C=O) groups excluding carboxylic acids is 1. The summed E-state index contributed by atoms with van der Waals surface area (Å²) in [6, 6.07) is 8.34. The molecular formula is C16H15F2NO3. The van der Waals surface area contributed by atoms with Crippen molar-refractivity contribution in [1.82, 2.24) is 0 Å². The van der Waals surface area contributed by atoms with E-state index in [0.717, 1.165) is 5.76 Å². The SMILES string of the molecule is Cc1cccc(OC(F)F)c1NC(=O)[C@H]1C[C@H]1c1ccco1. The van der Waals surface area contributed by atoms with Gasteiger partial charge in [-0.2, -0.15) is 8.78 Å². The molecule has 1 aromatic heterocycles. The number of furan rings is 1. The number of amides is 1. The number of carbonyl (C=O) groups is 1. The molecule has 22 heavy (non-hydrogen) atoms. The Morgan fingerprint density at radius 1 is 1.36 bits per heavy atom. The number of hydrogen-bond acceptors (Lipinski definition) is 3. The van der Waals surface area contributed by atoms with Gasteiger partial charge >= 0.3 is 6.61 Å². The maximum atomic E-state index is 12.4. The molecule has 1 aromatic carbocycles. The molecule has 2 atom stereocenters. The Bertz CT molecular complexity index is 670. The van der Waals surface area contributed by atoms with Crippen molar-refractivity contribution in [2.24, 2.45) is 5.92 Å². The van der Waals surface area contributed by atoms with Gasteiger partial charge in [0.15, 0.2) is 0 Å². The van der Waals surface area contributed by atoms with Crippen molar-refractivity contribution in [3.05, 3.63) is 47.9 Å². The summed E-state index contributed by atoms with van der Waals surface area (Å²) < 4.78 is 34.6. The predicted molar refractivity (Wildman–Crippen MR) is 76.0 cm³/mol. The van der Waals surface area contributed by atoms with Crippen LogP contribution in [0.5, 0.6) is 5.75 Å². The molecule has 1 aliphatic rings. The Morgan fingerprint density at radius 2 is 2.18 bits per heavy atom. The molecular weight excluding hydrogens is 292 g/mol. The standard InChI is InChI=1S/C16H15F2NO3/c1-9-4-2-5-13(22-16(17)18)14(9)19-15(20)11-8-10(11)12-6-3-7-21-12/h2-7,10-11,16H,8H2,1H3,(H,19,20)/t10-,11+/m1/s1. The Labute approximate surface area is 126 Å². The number of aryl methyl sites for hydroxylation is 1. The number of benzene rings is 1. The monoisotopic (exact) mass is 307 g/mol. The third-order valence-corrected chi connectivity index (χ3v) is 3.73. The highest BCUT2D eigenvalue weighted by molar-refractivity contribution is 5.97. The van der Waals surface area contributed by atoms with Gasteiger partial charge in [-0.25, -0.2) is 0 Å². The number of anilines is 1. The second-order valence-electron chi connectivity index (χ2n) is 5.28. The Hall–Kier alpha value is -2.37. The molecule has 3 rings (SSSR count). The molecule has 1 heterocycles. The van der Waals surface area contributed by atoms with Crippen LogP contribution < -0.4 is 10.1 Å². The molecule has 116 valence electrons. The zero-order valence-corrected chi connectivity index (χ0v) is 11.9. The molecule has 0 saturated heterocycles. The van der Waals surface area contributed by atoms with Gasteiger partial charge in [0.2, 0.25) is 5.91 Å². The molecule has 1 fully saturated rings. The number of alkyl halides is 2. The van der Waals surface area contributed by atoms with Gasteiger partial charge in [0.25, 0.3) is 0 Å². The zero-order valence-electron chi connectivity index (χ0n) is 11.9. The second kappa shape index (κ2) is 5.79. The van der Waals surface area contributed by atoms with Gasteiger partial charge in [-0.15, -0.1) is 0 Å². The van der Waals surface area contributed by atoms with Crippen LogP contribution in [-0.4, -0.2) is 12.5 Å². The molecule has 6 heteroatoms. The van der Waals surface area contributed by atoms with Crippen molar-refractivity contribution in [3.8, 4) is 5.75 Å². The second-order valence-corrected chi connectivity index (χ2v) is 5.28. The molecule has 1 amide bonds. The van der Waals surface area contributed by atoms with Crippen LogP contribution in [0.4, 0.5) is 14.5 Å². The Balaban J connectivity index is 1.72. The topological polar surface area (TPSA) is 51.5 Å². The van der Waals surface area contributed by atoms with E-state index in [0.29, 0.717) is 12.0 Å². The normalized spacial score (nSPS) is 20.0. The maximum Gasteiger partial charge on any atom is 0.387 e. The summed E-state index contributed by atoms with van der Waals surface area (Å²) >= 11 is 0. The highest BCUT2D eigenvalue weighted by Gasteiger charge is 2.46. The zero-order chi connectivity index (χ0) is 15.7. The summed E-state index contributed by atoms with van der Waals surface area (Å²) in [5.74, 6) is 0.381. The van der Waals surface area contributed by atoms with Crippen molar-refractivity contribution in [2.45, 2.75) is 25.9 Å². The number of hydrogen-bond donors (Lipinski definition) is 1. The molecule has 0 radical (unpaired) electrons. The van der Waals surface area contributed by atoms with Gasteiger partial charge in [0, 0.05) is 11.8 Å². The first kappa shape index (κ1) is 14.6. The van der Waals surface area contributed by atoms with E-state index in [4.69, 9.17) is 4.42 Å². The lowest BCUT2D eigenvalue weighted by atomic mass is 10.1. The highest BCUT2D eigenvalue weighted by atomic mass is 19.3. The van der Waals surface area contributed by atoms with Crippen LogP contribution in [0.2, 0.25) is 0 Å². The van der Waals surface area contributed by atoms with E-state index in [1.165, 1.54) is 6.07 Å². The average Bonchev–Trinajstić information content (AvgIpc) is 3.08. The van der Waals surface area contributed by atoms with Gasteiger partial charge in [-0.05, 0) is 37.1 Å². The quantitative estimate of drug-likeness (QED) is 0.910. The van der Waals surface area contributed by atoms with E-state index >= 15 is 0 Å². The van der Waals surface area contributed by atoms with Crippen LogP contribution in [0.25, 0.3) is 0 Å². The van der Waals surface area contributed by atoms with Crippen molar-refractivity contribution < 1.29 is 22.7 Å². The molecule has 1 saturated carbocycles. The number of ether oxygens (including phenoxy) is 1. The average molecular weight is 307 g/mol. The van der Waals surface area contributed by atoms with Crippen LogP contribution in [0.15, 0.2) is 41.0 Å². The van der Waals surface area contributed by atoms with Gasteiger partial charge in [-0.1, -0.05) is 12.1 Å². The smallest absolute Gasteiger partial charge is 0.387 e. The van der Waals surface area contributed by atoms with Gasteiger partial charge < -0.3 is 14.5 Å². The molecule has 1 aliphatic carbocycles. The minimum absolute atomic E-state index is 0.0291. The van der Waals surface area contributed by atoms with Crippen molar-refractivity contribution >= 4 is 11.6 Å². The van der Waals surface area contributed by atoms with Crippen LogP contribution in [-0.2, 0) is 4.79 Å². The van der Waals surface area contributed by atoms with E-state index < -0.39 is 6.61 Å². The summed E-state index contributed by atoms with van der Waals surface area (Å²) in [6.07, 6.45) is 2.26. The number of para-hydroxylation sites is 1. The first-order valence-electron chi connectivity index (χ1n) is 6.95. The van der Waals surface area contributed by atoms with Crippen LogP contribution >= 0.6 is 0 Å². The molecule has 2 aromatic rings. The van der Waals surface area contributed by atoms with Crippen LogP contribution in [0.1, 0.15) is 23.7 Å². The first-order chi connectivity index (χ1) is 10.6. The minimum atomic E-state index is -2.94. The highest BCUT2D eigenvalue weighted by Crippen LogP contribution is 2.48. The fourth-order valence-electron chi connectivity index (χ4n) is 2.51. The van der Waals surface area contributed by atoms with Crippen molar-refractivity contribution in [2.75, 3.05) is 5.32 Å². The summed E-state index contributed by atoms with van der Waals surface area (Å²) in [5.41, 5.74) is 0.958. The Morgan fingerprint density at radius 3 is 2.86 bits per heavy atom. The number of rotatable bonds is 5. The molecule has 1 N–H and O–H groups in total. The summed E-state index contributed by atoms with van der Waals surface area (Å²) in [4.78, 5) is 12.3.